The number of hydrogen-bond donors (Lipinski definition) is 1. The van der Waals surface area contributed by atoms with E-state index in [1.807, 2.05) is 17.5 Å². The van der Waals surface area contributed by atoms with Crippen LogP contribution in [0.4, 0.5) is 5.00 Å². The van der Waals surface area contributed by atoms with Gasteiger partial charge in [0, 0.05) is 6.07 Å². The average Bonchev–Trinajstić information content (AvgIpc) is 3.23. The Balaban J connectivity index is 1.62. The van der Waals surface area contributed by atoms with E-state index >= 15 is 0 Å². The molecule has 0 aliphatic rings. The number of aromatic nitrogens is 1. The molecule has 1 N–H and O–H groups in total. The van der Waals surface area contributed by atoms with Gasteiger partial charge in [-0.3, -0.25) is 14.9 Å². The summed E-state index contributed by atoms with van der Waals surface area (Å²) in [6, 6.07) is 6.53. The maximum absolute atomic E-state index is 11.9. The molecule has 0 saturated heterocycles. The summed E-state index contributed by atoms with van der Waals surface area (Å²) in [5, 5.41) is 15.1. The maximum Gasteiger partial charge on any atom is 0.324 e. The molecule has 0 bridgehead atoms. The molecule has 3 rings (SSSR count). The monoisotopic (exact) mass is 335 g/mol. The van der Waals surface area contributed by atoms with Gasteiger partial charge in [-0.05, 0) is 17.5 Å². The molecule has 1 amide bonds. The molecule has 9 heteroatoms. The first-order valence-electron chi connectivity index (χ1n) is 6.14. The summed E-state index contributed by atoms with van der Waals surface area (Å²) >= 11 is 2.34. The quantitative estimate of drug-likeness (QED) is 0.570. The first kappa shape index (κ1) is 14.4. The van der Waals surface area contributed by atoms with Crippen molar-refractivity contribution in [2.24, 2.45) is 0 Å². The number of carbonyl (C=O) groups is 1. The standard InChI is InChI=1S/C13H9N3O4S2/c17-12(9-3-4-11(22-9)16(18)19)14-6-8-7-20-13(15-8)10-2-1-5-21-10/h1-5,7H,6H2,(H,14,17). The molecule has 7 nitrogen and oxygen atoms in total. The van der Waals surface area contributed by atoms with Gasteiger partial charge in [0.05, 0.1) is 26.9 Å². The molecule has 0 radical (unpaired) electrons. The van der Waals surface area contributed by atoms with Crippen LogP contribution < -0.4 is 5.32 Å². The first-order valence-corrected chi connectivity index (χ1v) is 7.84. The van der Waals surface area contributed by atoms with E-state index in [9.17, 15) is 14.9 Å². The highest BCUT2D eigenvalue weighted by molar-refractivity contribution is 7.17. The van der Waals surface area contributed by atoms with E-state index in [2.05, 4.69) is 10.3 Å². The van der Waals surface area contributed by atoms with Crippen LogP contribution in [0.5, 0.6) is 0 Å². The van der Waals surface area contributed by atoms with Crippen LogP contribution >= 0.6 is 22.7 Å². The van der Waals surface area contributed by atoms with E-state index in [0.29, 0.717) is 11.6 Å². The number of amides is 1. The molecule has 112 valence electrons. The van der Waals surface area contributed by atoms with Crippen molar-refractivity contribution in [3.63, 3.8) is 0 Å². The molecule has 0 atom stereocenters. The Labute approximate surface area is 132 Å². The Morgan fingerprint density at radius 1 is 1.41 bits per heavy atom. The van der Waals surface area contributed by atoms with Gasteiger partial charge in [0.25, 0.3) is 5.91 Å². The average molecular weight is 335 g/mol. The van der Waals surface area contributed by atoms with Gasteiger partial charge in [0.1, 0.15) is 6.26 Å². The molecule has 0 aliphatic heterocycles. The van der Waals surface area contributed by atoms with Gasteiger partial charge in [-0.25, -0.2) is 4.98 Å². The second-order valence-corrected chi connectivity index (χ2v) is 6.21. The van der Waals surface area contributed by atoms with Crippen LogP contribution in [0.2, 0.25) is 0 Å². The van der Waals surface area contributed by atoms with E-state index in [0.717, 1.165) is 16.2 Å². The molecule has 3 heterocycles. The number of hydrogen-bond acceptors (Lipinski definition) is 7. The van der Waals surface area contributed by atoms with Crippen molar-refractivity contribution < 1.29 is 14.1 Å². The van der Waals surface area contributed by atoms with Gasteiger partial charge < -0.3 is 9.73 Å². The molecule has 0 spiro atoms. The lowest BCUT2D eigenvalue weighted by molar-refractivity contribution is -0.380. The topological polar surface area (TPSA) is 98.3 Å². The minimum atomic E-state index is -0.521. The van der Waals surface area contributed by atoms with Gasteiger partial charge in [-0.2, -0.15) is 0 Å². The van der Waals surface area contributed by atoms with Gasteiger partial charge >= 0.3 is 5.00 Å². The lowest BCUT2D eigenvalue weighted by atomic mass is 10.4. The van der Waals surface area contributed by atoms with Crippen molar-refractivity contribution in [2.45, 2.75) is 6.54 Å². The summed E-state index contributed by atoms with van der Waals surface area (Å²) in [7, 11) is 0. The van der Waals surface area contributed by atoms with Crippen LogP contribution in [0.25, 0.3) is 10.8 Å². The van der Waals surface area contributed by atoms with E-state index in [-0.39, 0.29) is 22.3 Å². The highest BCUT2D eigenvalue weighted by Crippen LogP contribution is 2.25. The van der Waals surface area contributed by atoms with Crippen molar-refractivity contribution in [1.82, 2.24) is 10.3 Å². The third-order valence-electron chi connectivity index (χ3n) is 2.71. The zero-order chi connectivity index (χ0) is 15.5. The molecular formula is C13H9N3O4S2. The van der Waals surface area contributed by atoms with Crippen molar-refractivity contribution in [1.29, 1.82) is 0 Å². The minimum absolute atomic E-state index is 0.0634. The summed E-state index contributed by atoms with van der Waals surface area (Å²) in [6.45, 7) is 0.194. The fraction of sp³-hybridized carbons (Fsp3) is 0.0769. The number of nitrogens with one attached hydrogen (secondary N) is 1. The van der Waals surface area contributed by atoms with E-state index in [4.69, 9.17) is 4.42 Å². The maximum atomic E-state index is 11.9. The lowest BCUT2D eigenvalue weighted by Crippen LogP contribution is -2.21. The Kier molecular flexibility index (Phi) is 3.98. The number of nitro groups is 1. The van der Waals surface area contributed by atoms with Crippen LogP contribution in [-0.2, 0) is 6.54 Å². The molecular weight excluding hydrogens is 326 g/mol. The van der Waals surface area contributed by atoms with Gasteiger partial charge in [-0.15, -0.1) is 11.3 Å². The van der Waals surface area contributed by atoms with Crippen molar-refractivity contribution in [2.75, 3.05) is 0 Å². The summed E-state index contributed by atoms with van der Waals surface area (Å²) in [4.78, 5) is 27.5. The van der Waals surface area contributed by atoms with Crippen molar-refractivity contribution in [3.8, 4) is 10.8 Å². The number of carbonyl (C=O) groups excluding carboxylic acids is 1. The second kappa shape index (κ2) is 6.08. The van der Waals surface area contributed by atoms with Crippen LogP contribution in [-0.4, -0.2) is 15.8 Å². The number of oxazole rings is 1. The summed E-state index contributed by atoms with van der Waals surface area (Å²) in [5.41, 5.74) is 0.586. The fourth-order valence-corrected chi connectivity index (χ4v) is 3.10. The zero-order valence-corrected chi connectivity index (χ0v) is 12.6. The molecule has 0 unspecified atom stereocenters. The molecule has 22 heavy (non-hydrogen) atoms. The van der Waals surface area contributed by atoms with E-state index in [1.54, 1.807) is 0 Å². The molecule has 0 aliphatic carbocycles. The smallest absolute Gasteiger partial charge is 0.324 e. The number of thiophene rings is 2. The highest BCUT2D eigenvalue weighted by atomic mass is 32.1. The molecule has 0 fully saturated rings. The molecule has 0 saturated carbocycles. The molecule has 3 aromatic heterocycles. The minimum Gasteiger partial charge on any atom is -0.443 e. The van der Waals surface area contributed by atoms with Gasteiger partial charge in [-0.1, -0.05) is 17.4 Å². The number of rotatable bonds is 5. The van der Waals surface area contributed by atoms with Crippen LogP contribution in [0.15, 0.2) is 40.3 Å². The predicted octanol–water partition coefficient (Wildman–Crippen LogP) is 3.30. The second-order valence-electron chi connectivity index (χ2n) is 4.20. The van der Waals surface area contributed by atoms with Crippen molar-refractivity contribution >= 4 is 33.6 Å². The van der Waals surface area contributed by atoms with Gasteiger partial charge in [0.2, 0.25) is 5.89 Å². The largest absolute Gasteiger partial charge is 0.443 e. The first-order chi connectivity index (χ1) is 10.6. The van der Waals surface area contributed by atoms with Crippen LogP contribution in [0.1, 0.15) is 15.4 Å². The Morgan fingerprint density at radius 3 is 2.95 bits per heavy atom. The fourth-order valence-electron chi connectivity index (χ4n) is 1.71. The third-order valence-corrected chi connectivity index (χ3v) is 4.60. The normalized spacial score (nSPS) is 10.5. The zero-order valence-electron chi connectivity index (χ0n) is 11.0. The van der Waals surface area contributed by atoms with Crippen LogP contribution in [0.3, 0.4) is 0 Å². The van der Waals surface area contributed by atoms with E-state index < -0.39 is 4.92 Å². The highest BCUT2D eigenvalue weighted by Gasteiger charge is 2.15. The third kappa shape index (κ3) is 3.05. The van der Waals surface area contributed by atoms with Gasteiger partial charge in [0.15, 0.2) is 0 Å². The summed E-state index contributed by atoms with van der Waals surface area (Å²) in [6.07, 6.45) is 1.48. The Morgan fingerprint density at radius 2 is 2.27 bits per heavy atom. The Hall–Kier alpha value is -2.52. The summed E-state index contributed by atoms with van der Waals surface area (Å²) < 4.78 is 5.34. The van der Waals surface area contributed by atoms with Crippen LogP contribution in [0, 0.1) is 10.1 Å². The Bertz CT molecular complexity index is 807. The summed E-state index contributed by atoms with van der Waals surface area (Å²) in [5.74, 6) is 0.129. The molecule has 3 aromatic rings. The lowest BCUT2D eigenvalue weighted by Gasteiger charge is -1.99. The predicted molar refractivity (Wildman–Crippen MR) is 82.0 cm³/mol. The number of nitrogens with zero attached hydrogens (tertiary/aromatic N) is 2. The van der Waals surface area contributed by atoms with Crippen molar-refractivity contribution in [3.05, 3.63) is 56.6 Å². The SMILES string of the molecule is O=C(NCc1coc(-c2cccs2)n1)c1ccc([N+](=O)[O-])s1. The molecule has 0 aromatic carbocycles. The van der Waals surface area contributed by atoms with E-state index in [1.165, 1.54) is 29.7 Å².